The predicted molar refractivity (Wildman–Crippen MR) is 88.6 cm³/mol. The third-order valence-electron chi connectivity index (χ3n) is 4.11. The van der Waals surface area contributed by atoms with Gasteiger partial charge in [0, 0.05) is 11.7 Å². The molecule has 1 amide bonds. The first-order chi connectivity index (χ1) is 10.9. The van der Waals surface area contributed by atoms with Gasteiger partial charge in [-0.3, -0.25) is 4.79 Å². The average molecular weight is 339 g/mol. The molecule has 0 radical (unpaired) electrons. The summed E-state index contributed by atoms with van der Waals surface area (Å²) in [6, 6.07) is 1.94. The highest BCUT2D eigenvalue weighted by atomic mass is 35.5. The summed E-state index contributed by atoms with van der Waals surface area (Å²) in [5.41, 5.74) is 1.63. The standard InChI is InChI=1S/C17H23ClN2O3/c1-10-9-11(2)19-15(18)14(10)17(22)23-12(3)16(21)20-13-7-5-4-6-8-13/h9,12-13H,4-8H2,1-3H3,(H,20,21)/t12-/m0/s1. The molecule has 0 saturated heterocycles. The maximum atomic E-state index is 12.3. The molecular formula is C17H23ClN2O3. The van der Waals surface area contributed by atoms with E-state index in [0.717, 1.165) is 31.4 Å². The topological polar surface area (TPSA) is 68.3 Å². The van der Waals surface area contributed by atoms with Crippen LogP contribution in [0.5, 0.6) is 0 Å². The lowest BCUT2D eigenvalue weighted by Crippen LogP contribution is -2.42. The lowest BCUT2D eigenvalue weighted by molar-refractivity contribution is -0.130. The summed E-state index contributed by atoms with van der Waals surface area (Å²) in [6.07, 6.45) is 4.58. The monoisotopic (exact) mass is 338 g/mol. The van der Waals surface area contributed by atoms with Crippen LogP contribution in [0.25, 0.3) is 0 Å². The average Bonchev–Trinajstić information content (AvgIpc) is 2.47. The van der Waals surface area contributed by atoms with Crippen molar-refractivity contribution < 1.29 is 14.3 Å². The fourth-order valence-electron chi connectivity index (χ4n) is 2.87. The summed E-state index contributed by atoms with van der Waals surface area (Å²) >= 11 is 6.04. The van der Waals surface area contributed by atoms with Gasteiger partial charge in [-0.1, -0.05) is 30.9 Å². The minimum atomic E-state index is -0.860. The van der Waals surface area contributed by atoms with E-state index in [-0.39, 0.29) is 22.7 Å². The van der Waals surface area contributed by atoms with Gasteiger partial charge in [0.2, 0.25) is 0 Å². The molecule has 0 unspecified atom stereocenters. The van der Waals surface area contributed by atoms with E-state index in [1.807, 2.05) is 0 Å². The first-order valence-corrected chi connectivity index (χ1v) is 8.41. The molecule has 1 N–H and O–H groups in total. The highest BCUT2D eigenvalue weighted by molar-refractivity contribution is 6.32. The zero-order valence-corrected chi connectivity index (χ0v) is 14.6. The first kappa shape index (κ1) is 17.7. The predicted octanol–water partition coefficient (Wildman–Crippen LogP) is 3.35. The van der Waals surface area contributed by atoms with Gasteiger partial charge >= 0.3 is 5.97 Å². The second-order valence-electron chi connectivity index (χ2n) is 6.14. The Balaban J connectivity index is 1.97. The Kier molecular flexibility index (Phi) is 5.99. The van der Waals surface area contributed by atoms with Crippen LogP contribution in [0.3, 0.4) is 0 Å². The molecule has 1 saturated carbocycles. The van der Waals surface area contributed by atoms with E-state index in [1.54, 1.807) is 26.8 Å². The summed E-state index contributed by atoms with van der Waals surface area (Å²) in [5, 5.41) is 3.05. The second kappa shape index (κ2) is 7.77. The number of halogens is 1. The van der Waals surface area contributed by atoms with E-state index in [4.69, 9.17) is 16.3 Å². The molecule has 1 fully saturated rings. The van der Waals surface area contributed by atoms with Crippen LogP contribution in [0.4, 0.5) is 0 Å². The Labute approximate surface area is 141 Å². The summed E-state index contributed by atoms with van der Waals surface area (Å²) < 4.78 is 5.27. The molecule has 1 atom stereocenters. The van der Waals surface area contributed by atoms with Crippen LogP contribution in [0.2, 0.25) is 5.15 Å². The van der Waals surface area contributed by atoms with Crippen molar-refractivity contribution >= 4 is 23.5 Å². The molecule has 0 spiro atoms. The molecule has 2 rings (SSSR count). The summed E-state index contributed by atoms with van der Waals surface area (Å²) in [4.78, 5) is 28.5. The van der Waals surface area contributed by atoms with Gasteiger partial charge in [0.1, 0.15) is 5.15 Å². The summed E-state index contributed by atoms with van der Waals surface area (Å²) in [5.74, 6) is -0.884. The number of carbonyl (C=O) groups excluding carboxylic acids is 2. The number of pyridine rings is 1. The van der Waals surface area contributed by atoms with Gasteiger partial charge in [-0.25, -0.2) is 9.78 Å². The Hall–Kier alpha value is -1.62. The van der Waals surface area contributed by atoms with Crippen LogP contribution in [0.1, 0.15) is 60.6 Å². The maximum Gasteiger partial charge on any atom is 0.342 e. The molecule has 1 aromatic heterocycles. The molecular weight excluding hydrogens is 316 g/mol. The van der Waals surface area contributed by atoms with E-state index in [9.17, 15) is 9.59 Å². The minimum Gasteiger partial charge on any atom is -0.449 e. The van der Waals surface area contributed by atoms with Crippen LogP contribution in [0.15, 0.2) is 6.07 Å². The number of nitrogens with one attached hydrogen (secondary N) is 1. The van der Waals surface area contributed by atoms with Gasteiger partial charge in [0.25, 0.3) is 5.91 Å². The molecule has 1 aliphatic rings. The largest absolute Gasteiger partial charge is 0.449 e. The fourth-order valence-corrected chi connectivity index (χ4v) is 3.23. The van der Waals surface area contributed by atoms with Gasteiger partial charge in [0.15, 0.2) is 6.10 Å². The normalized spacial score (nSPS) is 16.7. The maximum absolute atomic E-state index is 12.3. The van der Waals surface area contributed by atoms with Crippen LogP contribution < -0.4 is 5.32 Å². The van der Waals surface area contributed by atoms with E-state index in [0.29, 0.717) is 5.56 Å². The van der Waals surface area contributed by atoms with Crippen molar-refractivity contribution in [2.45, 2.75) is 65.0 Å². The number of esters is 1. The van der Waals surface area contributed by atoms with E-state index < -0.39 is 12.1 Å². The van der Waals surface area contributed by atoms with Gasteiger partial charge in [-0.15, -0.1) is 0 Å². The van der Waals surface area contributed by atoms with Gasteiger partial charge < -0.3 is 10.1 Å². The van der Waals surface area contributed by atoms with Crippen LogP contribution in [-0.4, -0.2) is 29.0 Å². The van der Waals surface area contributed by atoms with Crippen LogP contribution in [0, 0.1) is 13.8 Å². The number of carbonyl (C=O) groups is 2. The number of hydrogen-bond donors (Lipinski definition) is 1. The second-order valence-corrected chi connectivity index (χ2v) is 6.50. The Morgan fingerprint density at radius 3 is 2.57 bits per heavy atom. The molecule has 23 heavy (non-hydrogen) atoms. The molecule has 6 heteroatoms. The third-order valence-corrected chi connectivity index (χ3v) is 4.38. The molecule has 0 aliphatic heterocycles. The summed E-state index contributed by atoms with van der Waals surface area (Å²) in [7, 11) is 0. The molecule has 5 nitrogen and oxygen atoms in total. The van der Waals surface area contributed by atoms with Crippen LogP contribution >= 0.6 is 11.6 Å². The number of nitrogens with zero attached hydrogens (tertiary/aromatic N) is 1. The van der Waals surface area contributed by atoms with Crippen molar-refractivity contribution in [3.05, 3.63) is 28.0 Å². The number of rotatable bonds is 4. The van der Waals surface area contributed by atoms with E-state index in [1.165, 1.54) is 6.42 Å². The first-order valence-electron chi connectivity index (χ1n) is 8.03. The van der Waals surface area contributed by atoms with Crippen molar-refractivity contribution in [2.24, 2.45) is 0 Å². The van der Waals surface area contributed by atoms with E-state index >= 15 is 0 Å². The minimum absolute atomic E-state index is 0.104. The molecule has 1 heterocycles. The number of ether oxygens (including phenoxy) is 1. The third kappa shape index (κ3) is 4.67. The fraction of sp³-hybridized carbons (Fsp3) is 0.588. The SMILES string of the molecule is Cc1cc(C)c(C(=O)O[C@@H](C)C(=O)NC2CCCCC2)c(Cl)n1. The Bertz CT molecular complexity index is 574. The summed E-state index contributed by atoms with van der Waals surface area (Å²) in [6.45, 7) is 5.14. The van der Waals surface area contributed by atoms with Gasteiger partial charge in [0.05, 0.1) is 5.56 Å². The smallest absolute Gasteiger partial charge is 0.342 e. The van der Waals surface area contributed by atoms with Crippen molar-refractivity contribution in [3.8, 4) is 0 Å². The van der Waals surface area contributed by atoms with Crippen molar-refractivity contribution in [1.29, 1.82) is 0 Å². The highest BCUT2D eigenvalue weighted by Gasteiger charge is 2.25. The lowest BCUT2D eigenvalue weighted by atomic mass is 9.95. The van der Waals surface area contributed by atoms with Crippen LogP contribution in [-0.2, 0) is 9.53 Å². The van der Waals surface area contributed by atoms with E-state index in [2.05, 4.69) is 10.3 Å². The molecule has 126 valence electrons. The lowest BCUT2D eigenvalue weighted by Gasteiger charge is -2.24. The molecule has 0 aromatic carbocycles. The van der Waals surface area contributed by atoms with Gasteiger partial charge in [-0.2, -0.15) is 0 Å². The molecule has 0 bridgehead atoms. The highest BCUT2D eigenvalue weighted by Crippen LogP contribution is 2.21. The number of aromatic nitrogens is 1. The van der Waals surface area contributed by atoms with Crippen molar-refractivity contribution in [1.82, 2.24) is 10.3 Å². The number of aryl methyl sites for hydroxylation is 2. The molecule has 1 aromatic rings. The zero-order valence-electron chi connectivity index (χ0n) is 13.8. The van der Waals surface area contributed by atoms with Gasteiger partial charge in [-0.05, 0) is 45.2 Å². The quantitative estimate of drug-likeness (QED) is 0.675. The number of hydrogen-bond acceptors (Lipinski definition) is 4. The van der Waals surface area contributed by atoms with Crippen molar-refractivity contribution in [2.75, 3.05) is 0 Å². The molecule has 1 aliphatic carbocycles. The number of amides is 1. The van der Waals surface area contributed by atoms with Crippen molar-refractivity contribution in [3.63, 3.8) is 0 Å². The Morgan fingerprint density at radius 1 is 1.30 bits per heavy atom. The Morgan fingerprint density at radius 2 is 1.96 bits per heavy atom. The zero-order chi connectivity index (χ0) is 17.0.